The second-order valence-corrected chi connectivity index (χ2v) is 6.85. The van der Waals surface area contributed by atoms with Crippen molar-refractivity contribution in [1.82, 2.24) is 0 Å². The summed E-state index contributed by atoms with van der Waals surface area (Å²) in [4.78, 5) is 12.0. The van der Waals surface area contributed by atoms with Crippen molar-refractivity contribution in [2.75, 3.05) is 0 Å². The van der Waals surface area contributed by atoms with Crippen LogP contribution in [0.3, 0.4) is 0 Å². The number of carbonyl (C=O) groups excluding carboxylic acids is 1. The van der Waals surface area contributed by atoms with E-state index in [2.05, 4.69) is 4.74 Å². The van der Waals surface area contributed by atoms with Crippen molar-refractivity contribution in [3.8, 4) is 0 Å². The molecule has 11 heteroatoms. The number of ether oxygens (including phenoxy) is 1. The number of rotatable bonds is 5. The van der Waals surface area contributed by atoms with Gasteiger partial charge in [-0.3, -0.25) is 9.35 Å². The zero-order chi connectivity index (χ0) is 19.0. The van der Waals surface area contributed by atoms with Crippen LogP contribution in [0.2, 0.25) is 0 Å². The maximum atomic E-state index is 13.4. The molecule has 0 saturated heterocycles. The van der Waals surface area contributed by atoms with Crippen molar-refractivity contribution in [3.63, 3.8) is 0 Å². The molecular weight excluding hydrogens is 363 g/mol. The third-order valence-electron chi connectivity index (χ3n) is 3.18. The van der Waals surface area contributed by atoms with Gasteiger partial charge in [-0.1, -0.05) is 30.3 Å². The molecule has 0 bridgehead atoms. The molecule has 0 spiro atoms. The van der Waals surface area contributed by atoms with E-state index in [1.165, 1.54) is 24.3 Å². The van der Waals surface area contributed by atoms with Crippen molar-refractivity contribution in [3.05, 3.63) is 35.9 Å². The van der Waals surface area contributed by atoms with E-state index >= 15 is 0 Å². The first-order valence-electron chi connectivity index (χ1n) is 6.30. The first-order chi connectivity index (χ1) is 10.6. The summed E-state index contributed by atoms with van der Waals surface area (Å²) in [5.74, 6) is -1.74. The lowest BCUT2D eigenvalue weighted by molar-refractivity contribution is -0.261. The summed E-state index contributed by atoms with van der Waals surface area (Å²) >= 11 is 0. The fourth-order valence-corrected chi connectivity index (χ4v) is 2.14. The second-order valence-electron chi connectivity index (χ2n) is 5.35. The second kappa shape index (κ2) is 6.28. The molecule has 0 saturated carbocycles. The van der Waals surface area contributed by atoms with Crippen LogP contribution in [0.25, 0.3) is 0 Å². The topological polar surface area (TPSA) is 80.7 Å². The SMILES string of the molecule is CC(C)(C(=O)OC(C(F)(F)F)C(F)(F)S(=O)(=O)O)c1ccccc1. The fourth-order valence-electron chi connectivity index (χ4n) is 1.69. The normalized spacial score (nSPS) is 15.0. The van der Waals surface area contributed by atoms with Gasteiger partial charge in [0.2, 0.25) is 0 Å². The quantitative estimate of drug-likeness (QED) is 0.486. The van der Waals surface area contributed by atoms with Gasteiger partial charge < -0.3 is 4.74 Å². The molecule has 1 aromatic carbocycles. The Hall–Kier alpha value is -1.75. The molecule has 1 atom stereocenters. The molecule has 0 aliphatic rings. The molecule has 0 aliphatic heterocycles. The number of hydrogen-bond donors (Lipinski definition) is 1. The Kier molecular flexibility index (Phi) is 5.31. The van der Waals surface area contributed by atoms with Crippen LogP contribution < -0.4 is 0 Å². The molecule has 1 rings (SSSR count). The Bertz CT molecular complexity index is 697. The maximum Gasteiger partial charge on any atom is 0.432 e. The lowest BCUT2D eigenvalue weighted by Crippen LogP contribution is -2.53. The Morgan fingerprint density at radius 2 is 1.54 bits per heavy atom. The molecule has 0 amide bonds. The highest BCUT2D eigenvalue weighted by atomic mass is 32.2. The van der Waals surface area contributed by atoms with E-state index in [0.717, 1.165) is 13.8 Å². The Morgan fingerprint density at radius 1 is 1.08 bits per heavy atom. The lowest BCUT2D eigenvalue weighted by atomic mass is 9.85. The maximum absolute atomic E-state index is 13.4. The number of hydrogen-bond acceptors (Lipinski definition) is 4. The number of carbonyl (C=O) groups is 1. The lowest BCUT2D eigenvalue weighted by Gasteiger charge is -2.30. The van der Waals surface area contributed by atoms with Gasteiger partial charge in [0.15, 0.2) is 0 Å². The predicted molar refractivity (Wildman–Crippen MR) is 71.9 cm³/mol. The van der Waals surface area contributed by atoms with Gasteiger partial charge in [0.25, 0.3) is 6.10 Å². The van der Waals surface area contributed by atoms with Gasteiger partial charge in [-0.05, 0) is 19.4 Å². The van der Waals surface area contributed by atoms with E-state index in [4.69, 9.17) is 4.55 Å². The molecule has 1 unspecified atom stereocenters. The standard InChI is InChI=1S/C13H13F5O5S/c1-11(2,8-6-4-3-5-7-8)10(19)23-9(12(14,15)16)13(17,18)24(20,21)22/h3-7,9H,1-2H3,(H,20,21,22). The van der Waals surface area contributed by atoms with E-state index in [0.29, 0.717) is 0 Å². The highest BCUT2D eigenvalue weighted by Crippen LogP contribution is 2.39. The first-order valence-corrected chi connectivity index (χ1v) is 7.74. The van der Waals surface area contributed by atoms with Crippen LogP contribution >= 0.6 is 0 Å². The summed E-state index contributed by atoms with van der Waals surface area (Å²) in [7, 11) is -6.47. The summed E-state index contributed by atoms with van der Waals surface area (Å²) in [6.45, 7) is 2.23. The molecule has 1 N–H and O–H groups in total. The van der Waals surface area contributed by atoms with Gasteiger partial charge in [0, 0.05) is 0 Å². The minimum atomic E-state index is -6.47. The molecular formula is C13H13F5O5S. The zero-order valence-electron chi connectivity index (χ0n) is 12.3. The highest BCUT2D eigenvalue weighted by molar-refractivity contribution is 7.86. The van der Waals surface area contributed by atoms with Gasteiger partial charge in [-0.15, -0.1) is 0 Å². The molecule has 0 radical (unpaired) electrons. The van der Waals surface area contributed by atoms with E-state index < -0.39 is 39.0 Å². The van der Waals surface area contributed by atoms with Crippen molar-refractivity contribution in [2.24, 2.45) is 0 Å². The minimum Gasteiger partial charge on any atom is -0.444 e. The number of esters is 1. The van der Waals surface area contributed by atoms with Gasteiger partial charge >= 0.3 is 27.5 Å². The Balaban J connectivity index is 3.24. The largest absolute Gasteiger partial charge is 0.444 e. The fraction of sp³-hybridized carbons (Fsp3) is 0.462. The number of alkyl halides is 5. The van der Waals surface area contributed by atoms with Crippen LogP contribution in [0, 0.1) is 0 Å². The zero-order valence-corrected chi connectivity index (χ0v) is 13.2. The molecule has 0 heterocycles. The van der Waals surface area contributed by atoms with Crippen LogP contribution in [0.15, 0.2) is 30.3 Å². The molecule has 24 heavy (non-hydrogen) atoms. The van der Waals surface area contributed by atoms with Crippen LogP contribution in [-0.4, -0.2) is 36.5 Å². The summed E-state index contributed by atoms with van der Waals surface area (Å²) in [6, 6.07) is 7.17. The predicted octanol–water partition coefficient (Wildman–Crippen LogP) is 2.92. The highest BCUT2D eigenvalue weighted by Gasteiger charge is 2.66. The third-order valence-corrected chi connectivity index (χ3v) is 4.08. The summed E-state index contributed by atoms with van der Waals surface area (Å²) in [6.07, 6.45) is -10.3. The van der Waals surface area contributed by atoms with Crippen LogP contribution in [-0.2, 0) is 25.1 Å². The van der Waals surface area contributed by atoms with Gasteiger partial charge in [0.1, 0.15) is 0 Å². The van der Waals surface area contributed by atoms with Crippen LogP contribution in [0.5, 0.6) is 0 Å². The van der Waals surface area contributed by atoms with Gasteiger partial charge in [-0.2, -0.15) is 30.4 Å². The van der Waals surface area contributed by atoms with Crippen molar-refractivity contribution < 1.29 is 44.5 Å². The van der Waals surface area contributed by atoms with E-state index in [-0.39, 0.29) is 5.56 Å². The number of halogens is 5. The van der Waals surface area contributed by atoms with E-state index in [9.17, 15) is 35.2 Å². The van der Waals surface area contributed by atoms with Crippen molar-refractivity contribution >= 4 is 16.1 Å². The monoisotopic (exact) mass is 376 g/mol. The molecule has 0 fully saturated rings. The van der Waals surface area contributed by atoms with Gasteiger partial charge in [0.05, 0.1) is 5.41 Å². The summed E-state index contributed by atoms with van der Waals surface area (Å²) < 4.78 is 98.3. The third kappa shape index (κ3) is 4.01. The average molecular weight is 376 g/mol. The van der Waals surface area contributed by atoms with Crippen molar-refractivity contribution in [1.29, 1.82) is 0 Å². The summed E-state index contributed by atoms with van der Waals surface area (Å²) in [5.41, 5.74) is -1.62. The molecule has 5 nitrogen and oxygen atoms in total. The van der Waals surface area contributed by atoms with Gasteiger partial charge in [-0.25, -0.2) is 0 Å². The van der Waals surface area contributed by atoms with Crippen LogP contribution in [0.1, 0.15) is 19.4 Å². The molecule has 136 valence electrons. The Morgan fingerprint density at radius 3 is 1.92 bits per heavy atom. The van der Waals surface area contributed by atoms with E-state index in [1.54, 1.807) is 6.07 Å². The molecule has 0 aliphatic carbocycles. The smallest absolute Gasteiger partial charge is 0.432 e. The Labute approximate surface area is 134 Å². The first kappa shape index (κ1) is 20.3. The number of benzene rings is 1. The molecule has 0 aromatic heterocycles. The minimum absolute atomic E-state index is 0.158. The van der Waals surface area contributed by atoms with Crippen LogP contribution in [0.4, 0.5) is 22.0 Å². The summed E-state index contributed by atoms with van der Waals surface area (Å²) in [5, 5.41) is -5.76. The van der Waals surface area contributed by atoms with E-state index in [1.807, 2.05) is 0 Å². The molecule has 1 aromatic rings. The average Bonchev–Trinajstić information content (AvgIpc) is 2.42. The van der Waals surface area contributed by atoms with Crippen molar-refractivity contribution in [2.45, 2.75) is 36.8 Å².